The van der Waals surface area contributed by atoms with Crippen LogP contribution in [0, 0.1) is 0 Å². The van der Waals surface area contributed by atoms with Gasteiger partial charge in [0.2, 0.25) is 0 Å². The molecule has 0 fully saturated rings. The molecule has 0 saturated heterocycles. The van der Waals surface area contributed by atoms with Gasteiger partial charge in [-0.3, -0.25) is 0 Å². The molecule has 0 N–H and O–H groups in total. The monoisotopic (exact) mass is 564 g/mol. The molecule has 0 aliphatic heterocycles. The van der Waals surface area contributed by atoms with Gasteiger partial charge in [-0.05, 0) is 0 Å². The number of halogens is 1. The average Bonchev–Trinajstić information content (AvgIpc) is 2.76. The van der Waals surface area contributed by atoms with Crippen molar-refractivity contribution in [3.8, 4) is 0 Å². The first kappa shape index (κ1) is 22.9. The molecule has 0 atom stereocenters. The predicted octanol–water partition coefficient (Wildman–Crippen LogP) is 3.57. The second-order valence-corrected chi connectivity index (χ2v) is 19.2. The minimum absolute atomic E-state index is 0. The number of rotatable bonds is 8. The maximum absolute atomic E-state index is 2.58. The van der Waals surface area contributed by atoms with E-state index in [9.17, 15) is 0 Å². The van der Waals surface area contributed by atoms with Crippen molar-refractivity contribution in [3.63, 3.8) is 0 Å². The zero-order valence-corrected chi connectivity index (χ0v) is 21.3. The second-order valence-electron chi connectivity index (χ2n) is 7.92. The van der Waals surface area contributed by atoms with Crippen LogP contribution in [0.25, 0.3) is 0 Å². The molecule has 0 radical (unpaired) electrons. The van der Waals surface area contributed by atoms with E-state index in [0.717, 1.165) is 0 Å². The van der Waals surface area contributed by atoms with Gasteiger partial charge in [0.05, 0.1) is 0 Å². The van der Waals surface area contributed by atoms with Gasteiger partial charge in [0.25, 0.3) is 0 Å². The van der Waals surface area contributed by atoms with Crippen molar-refractivity contribution in [2.24, 2.45) is 0 Å². The SMILES string of the molecule is [Br-].c1ccc([CH2][Sb+]([CH2]c2ccccc2)([CH2]c2ccccc2)[CH2]c2ccccc2)cc1. The van der Waals surface area contributed by atoms with Crippen molar-refractivity contribution in [1.82, 2.24) is 0 Å². The molecule has 152 valence electrons. The van der Waals surface area contributed by atoms with E-state index in [4.69, 9.17) is 0 Å². The molecule has 2 heteroatoms. The Labute approximate surface area is 195 Å². The van der Waals surface area contributed by atoms with Crippen LogP contribution >= 0.6 is 0 Å². The Balaban J connectivity index is 0.00000256. The molecule has 0 spiro atoms. The van der Waals surface area contributed by atoms with Crippen molar-refractivity contribution in [3.05, 3.63) is 144 Å². The van der Waals surface area contributed by atoms with Crippen molar-refractivity contribution < 1.29 is 17.0 Å². The van der Waals surface area contributed by atoms with Crippen molar-refractivity contribution in [2.45, 2.75) is 17.5 Å². The van der Waals surface area contributed by atoms with Gasteiger partial charge in [-0.25, -0.2) is 0 Å². The number of hydrogen-bond acceptors (Lipinski definition) is 0. The fourth-order valence-corrected chi connectivity index (χ4v) is 17.4. The number of hydrogen-bond donors (Lipinski definition) is 0. The molecule has 4 aromatic carbocycles. The zero-order chi connectivity index (χ0) is 19.8. The van der Waals surface area contributed by atoms with E-state index in [-0.39, 0.29) is 17.0 Å². The minimum atomic E-state index is -2.58. The molecule has 0 aromatic heterocycles. The van der Waals surface area contributed by atoms with Crippen LogP contribution in [0.15, 0.2) is 121 Å². The van der Waals surface area contributed by atoms with Crippen LogP contribution in [0.4, 0.5) is 0 Å². The fraction of sp³-hybridized carbons (Fsp3) is 0.143. The quantitative estimate of drug-likeness (QED) is 0.287. The summed E-state index contributed by atoms with van der Waals surface area (Å²) in [4.78, 5) is 0. The summed E-state index contributed by atoms with van der Waals surface area (Å²) in [6, 6.07) is 44.6. The standard InChI is InChI=1S/4C7H7.BrH.Sb/c4*1-7-5-3-2-4-6-7;;/h4*2-6H,1H2;1H;/q;;;;;+1/p-1. The summed E-state index contributed by atoms with van der Waals surface area (Å²) in [6.45, 7) is 0. The molecule has 0 saturated carbocycles. The third-order valence-electron chi connectivity index (χ3n) is 5.44. The van der Waals surface area contributed by atoms with Crippen LogP contribution in [-0.2, 0) is 17.5 Å². The molecular formula is C28H28BrSb. The summed E-state index contributed by atoms with van der Waals surface area (Å²) in [6.07, 6.45) is 0. The van der Waals surface area contributed by atoms with E-state index < -0.39 is 18.8 Å². The maximum atomic E-state index is 2.32. The Kier molecular flexibility index (Phi) is 8.79. The van der Waals surface area contributed by atoms with Gasteiger partial charge in [-0.15, -0.1) is 0 Å². The van der Waals surface area contributed by atoms with Gasteiger partial charge in [-0.1, -0.05) is 0 Å². The second kappa shape index (κ2) is 11.5. The predicted molar refractivity (Wildman–Crippen MR) is 126 cm³/mol. The van der Waals surface area contributed by atoms with Crippen LogP contribution in [0.5, 0.6) is 0 Å². The summed E-state index contributed by atoms with van der Waals surface area (Å²) in [7, 11) is 0. The third-order valence-corrected chi connectivity index (χ3v) is 17.3. The van der Waals surface area contributed by atoms with E-state index >= 15 is 0 Å². The van der Waals surface area contributed by atoms with Gasteiger partial charge < -0.3 is 17.0 Å². The van der Waals surface area contributed by atoms with Crippen molar-refractivity contribution >= 4 is 18.8 Å². The molecule has 0 heterocycles. The normalized spacial score (nSPS) is 10.9. The molecule has 0 amide bonds. The van der Waals surface area contributed by atoms with Crippen LogP contribution < -0.4 is 17.0 Å². The van der Waals surface area contributed by atoms with Gasteiger partial charge >= 0.3 is 180 Å². The molecular weight excluding hydrogens is 538 g/mol. The molecule has 0 nitrogen and oxygen atoms in total. The molecule has 4 rings (SSSR count). The Morgan fingerprint density at radius 1 is 0.333 bits per heavy atom. The third kappa shape index (κ3) is 6.59. The van der Waals surface area contributed by atoms with Crippen LogP contribution in [-0.4, -0.2) is 18.8 Å². The molecule has 0 aliphatic carbocycles. The Morgan fingerprint density at radius 2 is 0.533 bits per heavy atom. The Morgan fingerprint density at radius 3 is 0.733 bits per heavy atom. The summed E-state index contributed by atoms with van der Waals surface area (Å²) in [5, 5.41) is 0. The van der Waals surface area contributed by atoms with Crippen molar-refractivity contribution in [2.75, 3.05) is 0 Å². The number of benzene rings is 4. The molecule has 0 aliphatic rings. The van der Waals surface area contributed by atoms with E-state index in [2.05, 4.69) is 121 Å². The van der Waals surface area contributed by atoms with Crippen molar-refractivity contribution in [1.29, 1.82) is 0 Å². The molecule has 30 heavy (non-hydrogen) atoms. The van der Waals surface area contributed by atoms with Crippen LogP contribution in [0.1, 0.15) is 22.3 Å². The van der Waals surface area contributed by atoms with Crippen LogP contribution in [0.3, 0.4) is 0 Å². The first-order chi connectivity index (χ1) is 14.3. The first-order valence-electron chi connectivity index (χ1n) is 10.3. The van der Waals surface area contributed by atoms with Gasteiger partial charge in [-0.2, -0.15) is 0 Å². The first-order valence-corrected chi connectivity index (χ1v) is 17.5. The van der Waals surface area contributed by atoms with Gasteiger partial charge in [0.15, 0.2) is 0 Å². The Hall–Kier alpha value is -1.82. The van der Waals surface area contributed by atoms with Crippen LogP contribution in [0.2, 0.25) is 0 Å². The fourth-order valence-electron chi connectivity index (χ4n) is 4.22. The zero-order valence-electron chi connectivity index (χ0n) is 17.2. The molecule has 4 aromatic rings. The van der Waals surface area contributed by atoms with Gasteiger partial charge in [0.1, 0.15) is 0 Å². The topological polar surface area (TPSA) is 0 Å². The van der Waals surface area contributed by atoms with E-state index in [1.807, 2.05) is 0 Å². The molecule has 0 unspecified atom stereocenters. The summed E-state index contributed by atoms with van der Waals surface area (Å²) in [5.41, 5.74) is 6.00. The molecule has 0 bridgehead atoms. The van der Waals surface area contributed by atoms with E-state index in [0.29, 0.717) is 0 Å². The van der Waals surface area contributed by atoms with Gasteiger partial charge in [0, 0.05) is 0 Å². The summed E-state index contributed by atoms with van der Waals surface area (Å²) >= 11 is -2.58. The average molecular weight is 566 g/mol. The summed E-state index contributed by atoms with van der Waals surface area (Å²) < 4.78 is 5.05. The van der Waals surface area contributed by atoms with E-state index in [1.165, 1.54) is 39.7 Å². The Bertz CT molecular complexity index is 814. The van der Waals surface area contributed by atoms with E-state index in [1.54, 1.807) is 0 Å². The summed E-state index contributed by atoms with van der Waals surface area (Å²) in [5.74, 6) is 0.